The Morgan fingerprint density at radius 3 is 2.63 bits per heavy atom. The lowest BCUT2D eigenvalue weighted by Gasteiger charge is -2.14. The van der Waals surface area contributed by atoms with Crippen LogP contribution in [0.3, 0.4) is 0 Å². The molecule has 0 N–H and O–H groups in total. The van der Waals surface area contributed by atoms with E-state index in [9.17, 15) is 4.79 Å². The number of halogens is 1. The van der Waals surface area contributed by atoms with E-state index in [0.717, 1.165) is 11.3 Å². The van der Waals surface area contributed by atoms with Crippen LogP contribution in [0.1, 0.15) is 23.7 Å². The summed E-state index contributed by atoms with van der Waals surface area (Å²) in [5.41, 5.74) is 2.38. The number of nitrogens with zero attached hydrogens (tertiary/aromatic N) is 2. The molecule has 7 nitrogen and oxygen atoms in total. The molecule has 0 unspecified atom stereocenters. The molecule has 0 saturated heterocycles. The number of carbonyl (C=O) groups is 1. The summed E-state index contributed by atoms with van der Waals surface area (Å²) >= 11 is 6.38. The van der Waals surface area contributed by atoms with Crippen molar-refractivity contribution in [2.45, 2.75) is 20.8 Å². The van der Waals surface area contributed by atoms with E-state index in [1.807, 2.05) is 13.8 Å². The average Bonchev–Trinajstić information content (AvgIpc) is 2.86. The Bertz CT molecular complexity index is 845. The van der Waals surface area contributed by atoms with Gasteiger partial charge in [0.25, 0.3) is 0 Å². The molecule has 0 atom stereocenters. The molecular formula is C19H23ClN2O5. The van der Waals surface area contributed by atoms with Crippen LogP contribution in [0.4, 0.5) is 0 Å². The lowest BCUT2D eigenvalue weighted by atomic mass is 10.1. The minimum absolute atomic E-state index is 0.0329. The number of methoxy groups -OCH3 is 1. The first-order chi connectivity index (χ1) is 12.9. The first kappa shape index (κ1) is 20.8. The molecule has 2 rings (SSSR count). The van der Waals surface area contributed by atoms with Gasteiger partial charge in [-0.3, -0.25) is 0 Å². The molecule has 0 amide bonds. The second-order valence-corrected chi connectivity index (χ2v) is 6.11. The van der Waals surface area contributed by atoms with E-state index in [-0.39, 0.29) is 6.79 Å². The molecule has 0 spiro atoms. The quantitative estimate of drug-likeness (QED) is 0.382. The largest absolute Gasteiger partial charge is 0.467 e. The third-order valence-electron chi connectivity index (χ3n) is 3.75. The van der Waals surface area contributed by atoms with Gasteiger partial charge >= 0.3 is 5.97 Å². The van der Waals surface area contributed by atoms with Crippen LogP contribution in [-0.2, 0) is 21.3 Å². The fraction of sp³-hybridized carbons (Fsp3) is 0.368. The van der Waals surface area contributed by atoms with E-state index in [1.54, 1.807) is 36.9 Å². The molecule has 1 aromatic carbocycles. The van der Waals surface area contributed by atoms with Crippen LogP contribution in [0.5, 0.6) is 17.4 Å². The van der Waals surface area contributed by atoms with Crippen LogP contribution in [0.15, 0.2) is 18.2 Å². The Hall–Kier alpha value is -2.51. The highest BCUT2D eigenvalue weighted by Gasteiger charge is 2.16. The Kier molecular flexibility index (Phi) is 7.27. The summed E-state index contributed by atoms with van der Waals surface area (Å²) in [4.78, 5) is 11.6. The zero-order chi connectivity index (χ0) is 20.0. The average molecular weight is 395 g/mol. The van der Waals surface area contributed by atoms with Crippen molar-refractivity contribution < 1.29 is 23.7 Å². The van der Waals surface area contributed by atoms with E-state index >= 15 is 0 Å². The summed E-state index contributed by atoms with van der Waals surface area (Å²) in [6.07, 6.45) is 2.88. The van der Waals surface area contributed by atoms with Crippen LogP contribution in [0.25, 0.3) is 6.08 Å². The van der Waals surface area contributed by atoms with Crippen molar-refractivity contribution in [2.75, 3.05) is 20.5 Å². The molecule has 2 aromatic rings. The van der Waals surface area contributed by atoms with Gasteiger partial charge in [-0.25, -0.2) is 9.48 Å². The van der Waals surface area contributed by atoms with Crippen molar-refractivity contribution in [1.29, 1.82) is 0 Å². The van der Waals surface area contributed by atoms with E-state index in [2.05, 4.69) is 5.10 Å². The summed E-state index contributed by atoms with van der Waals surface area (Å²) < 4.78 is 23.1. The summed E-state index contributed by atoms with van der Waals surface area (Å²) in [6.45, 7) is 5.90. The van der Waals surface area contributed by atoms with Gasteiger partial charge in [0.05, 0.1) is 17.3 Å². The maximum atomic E-state index is 11.6. The smallest absolute Gasteiger partial charge is 0.330 e. The van der Waals surface area contributed by atoms with Crippen LogP contribution in [0.2, 0.25) is 5.02 Å². The zero-order valence-corrected chi connectivity index (χ0v) is 16.8. The zero-order valence-electron chi connectivity index (χ0n) is 16.0. The van der Waals surface area contributed by atoms with E-state index in [4.69, 9.17) is 30.5 Å². The molecule has 0 aliphatic carbocycles. The van der Waals surface area contributed by atoms with Crippen molar-refractivity contribution in [2.24, 2.45) is 7.05 Å². The first-order valence-electron chi connectivity index (χ1n) is 8.35. The number of esters is 1. The normalized spacial score (nSPS) is 11.0. The number of carbonyl (C=O) groups excluding carboxylic acids is 1. The second kappa shape index (κ2) is 9.43. The molecule has 0 aliphatic rings. The van der Waals surface area contributed by atoms with Gasteiger partial charge < -0.3 is 18.9 Å². The molecule has 0 fully saturated rings. The Labute approximate surface area is 163 Å². The van der Waals surface area contributed by atoms with Crippen LogP contribution < -0.4 is 9.47 Å². The third-order valence-corrected chi connectivity index (χ3v) is 4.04. The SMILES string of the molecule is CCOC(=O)C=Cc1cc(Cl)c(Oc2c(C)c(C)nn2C)cc1OCOC. The fourth-order valence-electron chi connectivity index (χ4n) is 2.34. The number of rotatable bonds is 8. The lowest BCUT2D eigenvalue weighted by molar-refractivity contribution is -0.137. The molecule has 8 heteroatoms. The molecular weight excluding hydrogens is 372 g/mol. The Morgan fingerprint density at radius 2 is 2.04 bits per heavy atom. The Morgan fingerprint density at radius 1 is 1.30 bits per heavy atom. The highest BCUT2D eigenvalue weighted by molar-refractivity contribution is 6.32. The minimum atomic E-state index is -0.451. The lowest BCUT2D eigenvalue weighted by Crippen LogP contribution is -2.02. The number of benzene rings is 1. The summed E-state index contributed by atoms with van der Waals surface area (Å²) in [6, 6.07) is 3.30. The Balaban J connectivity index is 2.38. The predicted molar refractivity (Wildman–Crippen MR) is 102 cm³/mol. The molecule has 146 valence electrons. The van der Waals surface area contributed by atoms with Gasteiger partial charge in [-0.1, -0.05) is 11.6 Å². The fourth-order valence-corrected chi connectivity index (χ4v) is 2.55. The van der Waals surface area contributed by atoms with Gasteiger partial charge in [-0.15, -0.1) is 0 Å². The topological polar surface area (TPSA) is 71.8 Å². The summed E-state index contributed by atoms with van der Waals surface area (Å²) in [5.74, 6) is 0.991. The van der Waals surface area contributed by atoms with Crippen molar-refractivity contribution in [3.05, 3.63) is 40.1 Å². The predicted octanol–water partition coefficient (Wildman–Crippen LogP) is 4.04. The van der Waals surface area contributed by atoms with E-state index in [1.165, 1.54) is 13.2 Å². The van der Waals surface area contributed by atoms with Crippen molar-refractivity contribution in [1.82, 2.24) is 9.78 Å². The number of hydrogen-bond acceptors (Lipinski definition) is 6. The molecule has 1 heterocycles. The monoisotopic (exact) mass is 394 g/mol. The molecule has 1 aromatic heterocycles. The maximum Gasteiger partial charge on any atom is 0.330 e. The first-order valence-corrected chi connectivity index (χ1v) is 8.73. The molecule has 0 bridgehead atoms. The highest BCUT2D eigenvalue weighted by Crippen LogP contribution is 2.37. The number of hydrogen-bond donors (Lipinski definition) is 0. The second-order valence-electron chi connectivity index (χ2n) is 5.70. The molecule has 0 aliphatic heterocycles. The summed E-state index contributed by atoms with van der Waals surface area (Å²) in [5, 5.41) is 4.69. The van der Waals surface area contributed by atoms with E-state index in [0.29, 0.717) is 34.6 Å². The number of aromatic nitrogens is 2. The van der Waals surface area contributed by atoms with Crippen molar-refractivity contribution in [3.8, 4) is 17.4 Å². The molecule has 0 radical (unpaired) electrons. The minimum Gasteiger partial charge on any atom is -0.467 e. The van der Waals surface area contributed by atoms with Crippen molar-refractivity contribution >= 4 is 23.6 Å². The van der Waals surface area contributed by atoms with Gasteiger partial charge in [0.2, 0.25) is 5.88 Å². The van der Waals surface area contributed by atoms with Gasteiger partial charge in [0.1, 0.15) is 5.75 Å². The summed E-state index contributed by atoms with van der Waals surface area (Å²) in [7, 11) is 3.31. The van der Waals surface area contributed by atoms with Gasteiger partial charge in [-0.2, -0.15) is 5.10 Å². The standard InChI is InChI=1S/C19H23ClN2O5/c1-6-25-18(23)8-7-14-9-15(20)17(10-16(14)26-11-24-5)27-19-12(2)13(3)21-22(19)4/h7-10H,6,11H2,1-5H3. The number of ether oxygens (including phenoxy) is 4. The van der Waals surface area contributed by atoms with Gasteiger partial charge in [0.15, 0.2) is 12.5 Å². The number of aryl methyl sites for hydroxylation is 2. The van der Waals surface area contributed by atoms with E-state index < -0.39 is 5.97 Å². The van der Waals surface area contributed by atoms with Crippen LogP contribution in [0, 0.1) is 13.8 Å². The van der Waals surface area contributed by atoms with Gasteiger partial charge in [-0.05, 0) is 32.9 Å². The van der Waals surface area contributed by atoms with Gasteiger partial charge in [0, 0.05) is 37.4 Å². The third kappa shape index (κ3) is 5.24. The molecule has 27 heavy (non-hydrogen) atoms. The van der Waals surface area contributed by atoms with Crippen molar-refractivity contribution in [3.63, 3.8) is 0 Å². The molecule has 0 saturated carbocycles. The van der Waals surface area contributed by atoms with Crippen LogP contribution in [-0.4, -0.2) is 36.3 Å². The highest BCUT2D eigenvalue weighted by atomic mass is 35.5. The maximum absolute atomic E-state index is 11.6. The van der Waals surface area contributed by atoms with Crippen LogP contribution >= 0.6 is 11.6 Å².